The molecule has 0 aliphatic carbocycles. The van der Waals surface area contributed by atoms with Gasteiger partial charge in [0, 0.05) is 12.2 Å². The molecule has 20 heavy (non-hydrogen) atoms. The molecule has 0 heterocycles. The minimum atomic E-state index is -0.270. The van der Waals surface area contributed by atoms with Crippen LogP contribution in [0.5, 0.6) is 5.75 Å². The molecule has 3 N–H and O–H groups in total. The fourth-order valence-electron chi connectivity index (χ4n) is 2.05. The zero-order chi connectivity index (χ0) is 14.4. The first kappa shape index (κ1) is 14.3. The van der Waals surface area contributed by atoms with Crippen LogP contribution in [0.1, 0.15) is 18.5 Å². The van der Waals surface area contributed by atoms with E-state index in [1.54, 1.807) is 6.07 Å². The van der Waals surface area contributed by atoms with Crippen LogP contribution in [-0.4, -0.2) is 13.2 Å². The van der Waals surface area contributed by atoms with E-state index < -0.39 is 0 Å². The van der Waals surface area contributed by atoms with Gasteiger partial charge in [-0.2, -0.15) is 0 Å². The molecule has 4 heteroatoms. The number of halogens is 1. The topological polar surface area (TPSA) is 47.3 Å². The van der Waals surface area contributed by atoms with Crippen molar-refractivity contribution < 1.29 is 9.13 Å². The van der Waals surface area contributed by atoms with E-state index in [0.29, 0.717) is 18.8 Å². The summed E-state index contributed by atoms with van der Waals surface area (Å²) in [6, 6.07) is 14.0. The summed E-state index contributed by atoms with van der Waals surface area (Å²) in [4.78, 5) is 0. The van der Waals surface area contributed by atoms with Crippen LogP contribution < -0.4 is 15.8 Å². The van der Waals surface area contributed by atoms with Gasteiger partial charge < -0.3 is 15.8 Å². The third-order valence-corrected chi connectivity index (χ3v) is 2.97. The van der Waals surface area contributed by atoms with Crippen molar-refractivity contribution in [3.8, 4) is 5.75 Å². The van der Waals surface area contributed by atoms with Crippen molar-refractivity contribution in [1.82, 2.24) is 0 Å². The molecule has 2 rings (SSSR count). The van der Waals surface area contributed by atoms with E-state index in [-0.39, 0.29) is 11.9 Å². The van der Waals surface area contributed by atoms with Crippen molar-refractivity contribution in [3.05, 3.63) is 59.9 Å². The summed E-state index contributed by atoms with van der Waals surface area (Å²) >= 11 is 0. The number of hydrogen-bond donors (Lipinski definition) is 2. The highest BCUT2D eigenvalue weighted by atomic mass is 19.1. The summed E-state index contributed by atoms with van der Waals surface area (Å²) in [6.45, 7) is 2.97. The van der Waals surface area contributed by atoms with Crippen molar-refractivity contribution in [3.63, 3.8) is 0 Å². The summed E-state index contributed by atoms with van der Waals surface area (Å²) in [6.07, 6.45) is 0. The zero-order valence-corrected chi connectivity index (χ0v) is 11.5. The smallest absolute Gasteiger partial charge is 0.125 e. The fourth-order valence-corrected chi connectivity index (χ4v) is 2.05. The number of benzene rings is 2. The van der Waals surface area contributed by atoms with Crippen molar-refractivity contribution in [1.29, 1.82) is 0 Å². The van der Waals surface area contributed by atoms with Gasteiger partial charge in [0.25, 0.3) is 0 Å². The van der Waals surface area contributed by atoms with E-state index in [9.17, 15) is 4.39 Å². The maximum absolute atomic E-state index is 13.2. The normalized spacial score (nSPS) is 11.9. The van der Waals surface area contributed by atoms with Crippen molar-refractivity contribution >= 4 is 5.69 Å². The van der Waals surface area contributed by atoms with Crippen LogP contribution in [-0.2, 0) is 0 Å². The van der Waals surface area contributed by atoms with Crippen LogP contribution in [0.25, 0.3) is 0 Å². The van der Waals surface area contributed by atoms with Crippen LogP contribution in [0.3, 0.4) is 0 Å². The van der Waals surface area contributed by atoms with Crippen LogP contribution in [0, 0.1) is 5.82 Å². The number of rotatable bonds is 6. The Balaban J connectivity index is 2.17. The Morgan fingerprint density at radius 3 is 2.70 bits per heavy atom. The molecule has 0 fully saturated rings. The number of ether oxygens (including phenoxy) is 1. The summed E-state index contributed by atoms with van der Waals surface area (Å²) in [5, 5.41) is 3.23. The molecule has 0 amide bonds. The lowest BCUT2D eigenvalue weighted by Gasteiger charge is -2.19. The van der Waals surface area contributed by atoms with Gasteiger partial charge in [0.15, 0.2) is 0 Å². The minimum Gasteiger partial charge on any atom is -0.494 e. The number of anilines is 1. The minimum absolute atomic E-state index is 0.0859. The predicted molar refractivity (Wildman–Crippen MR) is 79.4 cm³/mol. The molecule has 0 aliphatic heterocycles. The van der Waals surface area contributed by atoms with E-state index in [4.69, 9.17) is 10.5 Å². The van der Waals surface area contributed by atoms with Gasteiger partial charge in [0.1, 0.15) is 11.6 Å². The van der Waals surface area contributed by atoms with Crippen LogP contribution in [0.4, 0.5) is 10.1 Å². The predicted octanol–water partition coefficient (Wildman–Crippen LogP) is 3.34. The average Bonchev–Trinajstić information content (AvgIpc) is 2.45. The molecule has 0 radical (unpaired) electrons. The molecule has 1 unspecified atom stereocenters. The Labute approximate surface area is 118 Å². The quantitative estimate of drug-likeness (QED) is 0.849. The van der Waals surface area contributed by atoms with Gasteiger partial charge in [-0.15, -0.1) is 0 Å². The van der Waals surface area contributed by atoms with Crippen molar-refractivity contribution in [2.75, 3.05) is 18.5 Å². The Morgan fingerprint density at radius 2 is 2.00 bits per heavy atom. The molecule has 2 aromatic carbocycles. The molecule has 3 nitrogen and oxygen atoms in total. The Kier molecular flexibility index (Phi) is 4.96. The molecule has 0 aromatic heterocycles. The highest BCUT2D eigenvalue weighted by Gasteiger charge is 2.10. The molecule has 0 aliphatic rings. The monoisotopic (exact) mass is 274 g/mol. The molecule has 0 bridgehead atoms. The molecule has 106 valence electrons. The van der Waals surface area contributed by atoms with Gasteiger partial charge >= 0.3 is 0 Å². The lowest BCUT2D eigenvalue weighted by atomic mass is 10.1. The largest absolute Gasteiger partial charge is 0.494 e. The van der Waals surface area contributed by atoms with Gasteiger partial charge in [-0.25, -0.2) is 4.39 Å². The average molecular weight is 274 g/mol. The molecule has 0 saturated heterocycles. The second kappa shape index (κ2) is 6.91. The van der Waals surface area contributed by atoms with E-state index in [2.05, 4.69) is 5.32 Å². The molecule has 1 atom stereocenters. The lowest BCUT2D eigenvalue weighted by molar-refractivity contribution is 0.339. The summed E-state index contributed by atoms with van der Waals surface area (Å²) in [5.41, 5.74) is 7.54. The highest BCUT2D eigenvalue weighted by molar-refractivity contribution is 5.46. The third-order valence-electron chi connectivity index (χ3n) is 2.97. The summed E-state index contributed by atoms with van der Waals surface area (Å²) in [5.74, 6) is 0.540. The molecular formula is C16H19FN2O. The summed E-state index contributed by atoms with van der Waals surface area (Å²) in [7, 11) is 0. The Hall–Kier alpha value is -2.07. The first-order chi connectivity index (χ1) is 9.72. The molecular weight excluding hydrogens is 255 g/mol. The highest BCUT2D eigenvalue weighted by Crippen LogP contribution is 2.23. The maximum Gasteiger partial charge on any atom is 0.125 e. The third kappa shape index (κ3) is 3.71. The van der Waals surface area contributed by atoms with Gasteiger partial charge in [-0.1, -0.05) is 18.2 Å². The zero-order valence-electron chi connectivity index (χ0n) is 11.5. The molecule has 0 saturated carbocycles. The van der Waals surface area contributed by atoms with Gasteiger partial charge in [-0.05, 0) is 42.8 Å². The van der Waals surface area contributed by atoms with Crippen molar-refractivity contribution in [2.24, 2.45) is 5.73 Å². The van der Waals surface area contributed by atoms with E-state index in [1.807, 2.05) is 37.3 Å². The van der Waals surface area contributed by atoms with Gasteiger partial charge in [0.05, 0.1) is 12.6 Å². The first-order valence-electron chi connectivity index (χ1n) is 6.68. The second-order valence-electron chi connectivity index (χ2n) is 4.45. The number of nitrogens with one attached hydrogen (secondary N) is 1. The maximum atomic E-state index is 13.2. The fraction of sp³-hybridized carbons (Fsp3) is 0.250. The van der Waals surface area contributed by atoms with Crippen LogP contribution >= 0.6 is 0 Å². The van der Waals surface area contributed by atoms with Crippen LogP contribution in [0.2, 0.25) is 0 Å². The Bertz CT molecular complexity index is 560. The van der Waals surface area contributed by atoms with Gasteiger partial charge in [-0.3, -0.25) is 0 Å². The standard InChI is InChI=1S/C16H19FN2O/c1-2-20-15-8-3-5-12(9-15)16(11-18)19-14-7-4-6-13(17)10-14/h3-10,16,19H,2,11,18H2,1H3. The lowest BCUT2D eigenvalue weighted by Crippen LogP contribution is -2.20. The van der Waals surface area contributed by atoms with Crippen LogP contribution in [0.15, 0.2) is 48.5 Å². The molecule has 2 aromatic rings. The van der Waals surface area contributed by atoms with Gasteiger partial charge in [0.2, 0.25) is 0 Å². The van der Waals surface area contributed by atoms with E-state index in [1.165, 1.54) is 12.1 Å². The SMILES string of the molecule is CCOc1cccc(C(CN)Nc2cccc(F)c2)c1. The van der Waals surface area contributed by atoms with E-state index in [0.717, 1.165) is 11.3 Å². The first-order valence-corrected chi connectivity index (χ1v) is 6.68. The number of nitrogens with two attached hydrogens (primary N) is 1. The van der Waals surface area contributed by atoms with Crippen molar-refractivity contribution in [2.45, 2.75) is 13.0 Å². The molecule has 0 spiro atoms. The number of hydrogen-bond acceptors (Lipinski definition) is 3. The van der Waals surface area contributed by atoms with E-state index >= 15 is 0 Å². The Morgan fingerprint density at radius 1 is 1.20 bits per heavy atom. The summed E-state index contributed by atoms with van der Waals surface area (Å²) < 4.78 is 18.7. The second-order valence-corrected chi connectivity index (χ2v) is 4.45.